The molecular formula is C21H28N4O2. The summed E-state index contributed by atoms with van der Waals surface area (Å²) in [5, 5.41) is 0.671. The number of piperazine rings is 1. The van der Waals surface area contributed by atoms with E-state index in [4.69, 9.17) is 4.98 Å². The summed E-state index contributed by atoms with van der Waals surface area (Å²) in [4.78, 5) is 34.7. The van der Waals surface area contributed by atoms with Gasteiger partial charge in [-0.25, -0.2) is 4.98 Å². The number of rotatable bonds is 5. The Kier molecular flexibility index (Phi) is 5.00. The van der Waals surface area contributed by atoms with Gasteiger partial charge in [0.15, 0.2) is 0 Å². The van der Waals surface area contributed by atoms with E-state index in [0.29, 0.717) is 24.3 Å². The van der Waals surface area contributed by atoms with Gasteiger partial charge in [-0.15, -0.1) is 0 Å². The van der Waals surface area contributed by atoms with E-state index in [9.17, 15) is 9.59 Å². The number of amides is 1. The molecule has 6 heteroatoms. The highest BCUT2D eigenvalue weighted by atomic mass is 16.2. The molecule has 0 bridgehead atoms. The number of carbonyl (C=O) groups excluding carboxylic acids is 1. The number of fused-ring (bicyclic) bond motifs is 1. The summed E-state index contributed by atoms with van der Waals surface area (Å²) >= 11 is 0. The highest BCUT2D eigenvalue weighted by molar-refractivity contribution is 5.78. The van der Waals surface area contributed by atoms with Gasteiger partial charge in [0.2, 0.25) is 5.91 Å². The van der Waals surface area contributed by atoms with Crippen LogP contribution in [0.5, 0.6) is 0 Å². The fourth-order valence-corrected chi connectivity index (χ4v) is 3.94. The predicted octanol–water partition coefficient (Wildman–Crippen LogP) is 2.22. The van der Waals surface area contributed by atoms with Crippen molar-refractivity contribution in [1.82, 2.24) is 19.4 Å². The third-order valence-corrected chi connectivity index (χ3v) is 5.75. The van der Waals surface area contributed by atoms with Gasteiger partial charge < -0.3 is 4.90 Å². The second kappa shape index (κ2) is 7.43. The Hall–Kier alpha value is -2.21. The van der Waals surface area contributed by atoms with Crippen molar-refractivity contribution in [3.8, 4) is 0 Å². The summed E-state index contributed by atoms with van der Waals surface area (Å²) in [5.41, 5.74) is 0.767. The van der Waals surface area contributed by atoms with Gasteiger partial charge in [-0.2, -0.15) is 0 Å². The zero-order valence-corrected chi connectivity index (χ0v) is 16.2. The minimum Gasteiger partial charge on any atom is -0.340 e. The fourth-order valence-electron chi connectivity index (χ4n) is 3.94. The summed E-state index contributed by atoms with van der Waals surface area (Å²) in [5.74, 6) is 0.929. The largest absolute Gasteiger partial charge is 0.340 e. The third kappa shape index (κ3) is 3.76. The number of aromatic nitrogens is 2. The Morgan fingerprint density at radius 3 is 2.52 bits per heavy atom. The van der Waals surface area contributed by atoms with Crippen molar-refractivity contribution in [2.75, 3.05) is 26.2 Å². The first-order valence-corrected chi connectivity index (χ1v) is 10.1. The van der Waals surface area contributed by atoms with Crippen LogP contribution in [0.1, 0.15) is 45.0 Å². The first-order chi connectivity index (χ1) is 13.0. The van der Waals surface area contributed by atoms with E-state index in [1.807, 2.05) is 33.7 Å². The van der Waals surface area contributed by atoms with E-state index in [1.54, 1.807) is 0 Å². The molecule has 0 spiro atoms. The molecule has 4 rings (SSSR count). The van der Waals surface area contributed by atoms with E-state index in [-0.39, 0.29) is 17.5 Å². The van der Waals surface area contributed by atoms with Crippen LogP contribution in [0, 0.1) is 0 Å². The molecule has 1 aromatic heterocycles. The maximum absolute atomic E-state index is 12.9. The second-order valence-electron chi connectivity index (χ2n) is 7.96. The monoisotopic (exact) mass is 368 g/mol. The lowest BCUT2D eigenvalue weighted by atomic mass is 10.2. The molecule has 1 amide bonds. The standard InChI is InChI=1S/C21H28N4O2/c1-15(2)23-11-13-24(14-12-23)20(26)10-9-19-22-18-6-4-3-5-17(18)21(27)25(19)16-7-8-16/h3-6,15-16H,7-14H2,1-2H3. The number of benzene rings is 1. The minimum absolute atomic E-state index is 0.0381. The highest BCUT2D eigenvalue weighted by Crippen LogP contribution is 2.34. The van der Waals surface area contributed by atoms with Gasteiger partial charge in [0, 0.05) is 51.1 Å². The second-order valence-corrected chi connectivity index (χ2v) is 7.96. The van der Waals surface area contributed by atoms with Crippen LogP contribution in [-0.2, 0) is 11.2 Å². The van der Waals surface area contributed by atoms with E-state index in [0.717, 1.165) is 50.4 Å². The van der Waals surface area contributed by atoms with Gasteiger partial charge in [0.1, 0.15) is 5.82 Å². The average molecular weight is 368 g/mol. The molecule has 1 aliphatic heterocycles. The van der Waals surface area contributed by atoms with Crippen molar-refractivity contribution in [3.63, 3.8) is 0 Å². The summed E-state index contributed by atoms with van der Waals surface area (Å²) in [6.45, 7) is 7.84. The Balaban J connectivity index is 1.48. The average Bonchev–Trinajstić information content (AvgIpc) is 3.51. The Morgan fingerprint density at radius 1 is 1.15 bits per heavy atom. The fraction of sp³-hybridized carbons (Fsp3) is 0.571. The molecule has 27 heavy (non-hydrogen) atoms. The van der Waals surface area contributed by atoms with Crippen molar-refractivity contribution < 1.29 is 4.79 Å². The molecule has 2 heterocycles. The van der Waals surface area contributed by atoms with Crippen LogP contribution in [-0.4, -0.2) is 57.5 Å². The van der Waals surface area contributed by atoms with Crippen LogP contribution >= 0.6 is 0 Å². The molecule has 0 radical (unpaired) electrons. The van der Waals surface area contributed by atoms with E-state index >= 15 is 0 Å². The lowest BCUT2D eigenvalue weighted by molar-refractivity contribution is -0.133. The number of hydrogen-bond donors (Lipinski definition) is 0. The van der Waals surface area contributed by atoms with Gasteiger partial charge in [-0.05, 0) is 38.8 Å². The van der Waals surface area contributed by atoms with E-state index < -0.39 is 0 Å². The molecule has 2 fully saturated rings. The summed E-state index contributed by atoms with van der Waals surface area (Å²) in [6.07, 6.45) is 3.00. The highest BCUT2D eigenvalue weighted by Gasteiger charge is 2.29. The molecule has 2 aromatic rings. The molecule has 0 unspecified atom stereocenters. The van der Waals surface area contributed by atoms with Gasteiger partial charge in [-0.3, -0.25) is 19.1 Å². The molecule has 144 valence electrons. The maximum Gasteiger partial charge on any atom is 0.261 e. The third-order valence-electron chi connectivity index (χ3n) is 5.75. The van der Waals surface area contributed by atoms with Crippen LogP contribution < -0.4 is 5.56 Å². The molecule has 0 atom stereocenters. The molecule has 1 aliphatic carbocycles. The van der Waals surface area contributed by atoms with Crippen molar-refractivity contribution in [3.05, 3.63) is 40.4 Å². The molecule has 1 aromatic carbocycles. The Morgan fingerprint density at radius 2 is 1.85 bits per heavy atom. The molecular weight excluding hydrogens is 340 g/mol. The SMILES string of the molecule is CC(C)N1CCN(C(=O)CCc2nc3ccccc3c(=O)n2C2CC2)CC1. The van der Waals surface area contributed by atoms with Crippen LogP contribution in [0.2, 0.25) is 0 Å². The lowest BCUT2D eigenvalue weighted by Crippen LogP contribution is -2.50. The normalized spacial score (nSPS) is 18.4. The number of aryl methyl sites for hydroxylation is 1. The minimum atomic E-state index is 0.0381. The summed E-state index contributed by atoms with van der Waals surface area (Å²) in [7, 11) is 0. The molecule has 1 saturated heterocycles. The number of nitrogens with zero attached hydrogens (tertiary/aromatic N) is 4. The zero-order valence-electron chi connectivity index (χ0n) is 16.2. The van der Waals surface area contributed by atoms with Crippen LogP contribution in [0.3, 0.4) is 0 Å². The van der Waals surface area contributed by atoms with Gasteiger partial charge in [-0.1, -0.05) is 12.1 Å². The summed E-state index contributed by atoms with van der Waals surface area (Å²) in [6, 6.07) is 8.28. The van der Waals surface area contributed by atoms with Crippen LogP contribution in [0.25, 0.3) is 10.9 Å². The van der Waals surface area contributed by atoms with E-state index in [2.05, 4.69) is 18.7 Å². The van der Waals surface area contributed by atoms with Crippen LogP contribution in [0.4, 0.5) is 0 Å². The van der Waals surface area contributed by atoms with Gasteiger partial charge in [0.05, 0.1) is 10.9 Å². The maximum atomic E-state index is 12.9. The molecule has 0 N–H and O–H groups in total. The number of para-hydroxylation sites is 1. The molecule has 2 aliphatic rings. The van der Waals surface area contributed by atoms with Crippen molar-refractivity contribution in [1.29, 1.82) is 0 Å². The van der Waals surface area contributed by atoms with Gasteiger partial charge >= 0.3 is 0 Å². The Labute approximate surface area is 159 Å². The number of hydrogen-bond acceptors (Lipinski definition) is 4. The topological polar surface area (TPSA) is 58.4 Å². The zero-order chi connectivity index (χ0) is 19.0. The predicted molar refractivity (Wildman–Crippen MR) is 106 cm³/mol. The Bertz CT molecular complexity index is 893. The van der Waals surface area contributed by atoms with Crippen LogP contribution in [0.15, 0.2) is 29.1 Å². The quantitative estimate of drug-likeness (QED) is 0.812. The van der Waals surface area contributed by atoms with E-state index in [1.165, 1.54) is 0 Å². The van der Waals surface area contributed by atoms with Crippen molar-refractivity contribution in [2.45, 2.75) is 51.6 Å². The smallest absolute Gasteiger partial charge is 0.261 e. The van der Waals surface area contributed by atoms with Crippen molar-refractivity contribution in [2.24, 2.45) is 0 Å². The number of carbonyl (C=O) groups is 1. The summed E-state index contributed by atoms with van der Waals surface area (Å²) < 4.78 is 1.84. The lowest BCUT2D eigenvalue weighted by Gasteiger charge is -2.37. The van der Waals surface area contributed by atoms with Crippen molar-refractivity contribution >= 4 is 16.8 Å². The first-order valence-electron chi connectivity index (χ1n) is 10.1. The van der Waals surface area contributed by atoms with Gasteiger partial charge in [0.25, 0.3) is 5.56 Å². The molecule has 1 saturated carbocycles. The molecule has 6 nitrogen and oxygen atoms in total. The first kappa shape index (κ1) is 18.2.